The van der Waals surface area contributed by atoms with Crippen molar-refractivity contribution in [1.82, 2.24) is 19.7 Å². The third-order valence-corrected chi connectivity index (χ3v) is 6.63. The fourth-order valence-corrected chi connectivity index (χ4v) is 5.05. The number of carbonyl (C=O) groups is 1. The van der Waals surface area contributed by atoms with Gasteiger partial charge >= 0.3 is 0 Å². The highest BCUT2D eigenvalue weighted by molar-refractivity contribution is 6.31. The summed E-state index contributed by atoms with van der Waals surface area (Å²) in [5.74, 6) is 0.281. The van der Waals surface area contributed by atoms with Crippen LogP contribution in [0.4, 0.5) is 5.82 Å². The number of hydrogen-bond acceptors (Lipinski definition) is 6. The molecule has 0 bridgehead atoms. The van der Waals surface area contributed by atoms with Crippen LogP contribution in [0.5, 0.6) is 5.75 Å². The van der Waals surface area contributed by atoms with E-state index in [-0.39, 0.29) is 5.56 Å². The molecule has 1 amide bonds. The van der Waals surface area contributed by atoms with Gasteiger partial charge in [-0.25, -0.2) is 14.6 Å². The van der Waals surface area contributed by atoms with Gasteiger partial charge in [-0.15, -0.1) is 0 Å². The largest absolute Gasteiger partial charge is 0.496 e. The van der Waals surface area contributed by atoms with Crippen LogP contribution in [0.1, 0.15) is 53.2 Å². The zero-order valence-corrected chi connectivity index (χ0v) is 19.5. The number of halogens is 1. The van der Waals surface area contributed by atoms with Crippen molar-refractivity contribution in [2.45, 2.75) is 38.1 Å². The van der Waals surface area contributed by atoms with Gasteiger partial charge in [-0.05, 0) is 30.5 Å². The van der Waals surface area contributed by atoms with Crippen molar-refractivity contribution in [3.05, 3.63) is 64.4 Å². The van der Waals surface area contributed by atoms with Crippen LogP contribution < -0.4 is 16.2 Å². The molecule has 5 rings (SSSR count). The Kier molecular flexibility index (Phi) is 5.83. The Hall–Kier alpha value is -3.65. The number of nitrogens with two attached hydrogens (primary N) is 2. The number of hydrogen-bond donors (Lipinski definition) is 2. The van der Waals surface area contributed by atoms with Gasteiger partial charge in [-0.1, -0.05) is 48.7 Å². The Morgan fingerprint density at radius 1 is 1.18 bits per heavy atom. The first-order valence-corrected chi connectivity index (χ1v) is 11.6. The van der Waals surface area contributed by atoms with E-state index in [2.05, 4.69) is 9.97 Å². The summed E-state index contributed by atoms with van der Waals surface area (Å²) in [6.07, 6.45) is 6.59. The van der Waals surface area contributed by atoms with E-state index in [1.807, 2.05) is 28.9 Å². The summed E-state index contributed by atoms with van der Waals surface area (Å²) in [5, 5.41) is 6.14. The number of anilines is 1. The maximum absolute atomic E-state index is 11.8. The highest BCUT2D eigenvalue weighted by atomic mass is 35.5. The van der Waals surface area contributed by atoms with Gasteiger partial charge in [-0.3, -0.25) is 4.79 Å². The number of rotatable bonds is 6. The Morgan fingerprint density at radius 3 is 2.59 bits per heavy atom. The van der Waals surface area contributed by atoms with Crippen molar-refractivity contribution in [3.8, 4) is 17.0 Å². The number of primary amides is 1. The summed E-state index contributed by atoms with van der Waals surface area (Å²) in [4.78, 5) is 20.5. The van der Waals surface area contributed by atoms with E-state index in [0.717, 1.165) is 46.3 Å². The fourth-order valence-electron chi connectivity index (χ4n) is 4.81. The molecule has 2 heterocycles. The van der Waals surface area contributed by atoms with Crippen LogP contribution in [0.15, 0.2) is 42.7 Å². The molecule has 2 aromatic carbocycles. The van der Waals surface area contributed by atoms with Gasteiger partial charge in [0.05, 0.1) is 24.1 Å². The topological polar surface area (TPSA) is 122 Å². The summed E-state index contributed by atoms with van der Waals surface area (Å²) in [6, 6.07) is 11.7. The van der Waals surface area contributed by atoms with Crippen molar-refractivity contribution in [2.24, 2.45) is 5.73 Å². The van der Waals surface area contributed by atoms with Gasteiger partial charge in [0.25, 0.3) is 5.91 Å². The maximum atomic E-state index is 11.8. The molecule has 1 aliphatic carbocycles. The molecule has 0 aliphatic heterocycles. The van der Waals surface area contributed by atoms with Crippen LogP contribution in [0.2, 0.25) is 5.02 Å². The molecule has 0 saturated heterocycles. The third kappa shape index (κ3) is 3.94. The molecular weight excluding hydrogens is 452 g/mol. The summed E-state index contributed by atoms with van der Waals surface area (Å²) in [7, 11) is 1.51. The number of nitrogen functional groups attached to an aromatic ring is 1. The number of fused-ring (bicyclic) bond motifs is 1. The predicted molar refractivity (Wildman–Crippen MR) is 132 cm³/mol. The quantitative estimate of drug-likeness (QED) is 0.421. The first-order valence-electron chi connectivity index (χ1n) is 11.2. The second-order valence-corrected chi connectivity index (χ2v) is 9.01. The highest BCUT2D eigenvalue weighted by Gasteiger charge is 2.24. The molecule has 0 radical (unpaired) electrons. The summed E-state index contributed by atoms with van der Waals surface area (Å²) < 4.78 is 7.49. The Bertz CT molecular complexity index is 1380. The van der Waals surface area contributed by atoms with Crippen LogP contribution in [0.25, 0.3) is 22.3 Å². The molecule has 1 saturated carbocycles. The lowest BCUT2D eigenvalue weighted by molar-refractivity contribution is 0.0997. The van der Waals surface area contributed by atoms with E-state index >= 15 is 0 Å². The van der Waals surface area contributed by atoms with Crippen molar-refractivity contribution < 1.29 is 9.53 Å². The first-order chi connectivity index (χ1) is 16.5. The second kappa shape index (κ2) is 8.95. The van der Waals surface area contributed by atoms with Crippen molar-refractivity contribution >= 4 is 34.4 Å². The van der Waals surface area contributed by atoms with Crippen molar-refractivity contribution in [2.75, 3.05) is 12.8 Å². The minimum atomic E-state index is -0.583. The molecule has 4 N–H and O–H groups in total. The number of benzene rings is 2. The van der Waals surface area contributed by atoms with Crippen LogP contribution in [0, 0.1) is 0 Å². The van der Waals surface area contributed by atoms with Gasteiger partial charge < -0.3 is 16.2 Å². The zero-order chi connectivity index (χ0) is 23.8. The van der Waals surface area contributed by atoms with E-state index in [0.29, 0.717) is 29.1 Å². The van der Waals surface area contributed by atoms with Gasteiger partial charge in [-0.2, -0.15) is 5.10 Å². The van der Waals surface area contributed by atoms with E-state index in [9.17, 15) is 4.79 Å². The van der Waals surface area contributed by atoms with Gasteiger partial charge in [0.15, 0.2) is 5.65 Å². The normalized spacial score (nSPS) is 14.1. The second-order valence-electron chi connectivity index (χ2n) is 8.57. The van der Waals surface area contributed by atoms with E-state index in [4.69, 9.17) is 32.9 Å². The molecule has 4 aromatic rings. The summed E-state index contributed by atoms with van der Waals surface area (Å²) >= 11 is 6.22. The lowest BCUT2D eigenvalue weighted by Crippen LogP contribution is -2.13. The molecule has 9 heteroatoms. The number of methoxy groups -OCH3 is 1. The first kappa shape index (κ1) is 22.2. The molecule has 2 aromatic heterocycles. The Labute approximate surface area is 201 Å². The average molecular weight is 477 g/mol. The molecule has 34 heavy (non-hydrogen) atoms. The molecule has 1 fully saturated rings. The lowest BCUT2D eigenvalue weighted by atomic mass is 9.99. The van der Waals surface area contributed by atoms with Crippen LogP contribution in [-0.2, 0) is 6.42 Å². The maximum Gasteiger partial charge on any atom is 0.252 e. The monoisotopic (exact) mass is 476 g/mol. The summed E-state index contributed by atoms with van der Waals surface area (Å²) in [5.41, 5.74) is 16.3. The zero-order valence-electron chi connectivity index (χ0n) is 18.8. The van der Waals surface area contributed by atoms with E-state index in [1.165, 1.54) is 32.3 Å². The summed E-state index contributed by atoms with van der Waals surface area (Å²) in [6.45, 7) is 0. The predicted octanol–water partition coefficient (Wildman–Crippen LogP) is 4.54. The SMILES string of the molecule is COc1c(Cc2ccc(-c3nn(C4CCCC4)c4ncnc(N)c34)cc2)cc(Cl)cc1C(N)=O. The molecule has 1 aliphatic rings. The van der Waals surface area contributed by atoms with Crippen LogP contribution in [-0.4, -0.2) is 32.8 Å². The number of carbonyl (C=O) groups excluding carboxylic acids is 1. The lowest BCUT2D eigenvalue weighted by Gasteiger charge is -2.13. The average Bonchev–Trinajstić information content (AvgIpc) is 3.48. The molecule has 8 nitrogen and oxygen atoms in total. The number of aromatic nitrogens is 4. The van der Waals surface area contributed by atoms with Gasteiger partial charge in [0.2, 0.25) is 0 Å². The number of nitrogens with zero attached hydrogens (tertiary/aromatic N) is 4. The minimum absolute atomic E-state index is 0.265. The van der Waals surface area contributed by atoms with Gasteiger partial charge in [0, 0.05) is 22.6 Å². The third-order valence-electron chi connectivity index (χ3n) is 6.41. The Morgan fingerprint density at radius 2 is 1.91 bits per heavy atom. The van der Waals surface area contributed by atoms with Crippen molar-refractivity contribution in [3.63, 3.8) is 0 Å². The molecule has 174 valence electrons. The van der Waals surface area contributed by atoms with E-state index in [1.54, 1.807) is 6.07 Å². The fraction of sp³-hybridized carbons (Fsp3) is 0.280. The van der Waals surface area contributed by atoms with E-state index < -0.39 is 5.91 Å². The number of ether oxygens (including phenoxy) is 1. The van der Waals surface area contributed by atoms with Crippen LogP contribution in [0.3, 0.4) is 0 Å². The number of amides is 1. The molecule has 0 spiro atoms. The Balaban J connectivity index is 1.51. The molecular formula is C25H25ClN6O2. The highest BCUT2D eigenvalue weighted by Crippen LogP contribution is 2.37. The van der Waals surface area contributed by atoms with Gasteiger partial charge in [0.1, 0.15) is 23.6 Å². The minimum Gasteiger partial charge on any atom is -0.496 e. The molecule has 0 unspecified atom stereocenters. The standard InChI is InChI=1S/C25H25ClN6O2/c1-34-22-16(11-17(26)12-19(22)24(28)33)10-14-6-8-15(9-7-14)21-20-23(27)29-13-30-25(20)32(31-21)18-4-2-3-5-18/h6-9,11-13,18H,2-5,10H2,1H3,(H2,28,33)(H2,27,29,30). The smallest absolute Gasteiger partial charge is 0.252 e. The molecule has 0 atom stereocenters. The van der Waals surface area contributed by atoms with Crippen molar-refractivity contribution in [1.29, 1.82) is 0 Å². The van der Waals surface area contributed by atoms with Crippen LogP contribution >= 0.6 is 11.6 Å².